The number of hydrogen-bond acceptors (Lipinski definition) is 6. The van der Waals surface area contributed by atoms with Crippen LogP contribution in [0.2, 0.25) is 0 Å². The summed E-state index contributed by atoms with van der Waals surface area (Å²) >= 11 is 1.43. The maximum absolute atomic E-state index is 13.5. The van der Waals surface area contributed by atoms with Crippen LogP contribution in [0.1, 0.15) is 60.2 Å². The second-order valence-corrected chi connectivity index (χ2v) is 11.8. The highest BCUT2D eigenvalue weighted by Crippen LogP contribution is 2.43. The molecule has 0 spiro atoms. The van der Waals surface area contributed by atoms with Gasteiger partial charge in [0.15, 0.2) is 4.99 Å². The Hall–Kier alpha value is -3.91. The van der Waals surface area contributed by atoms with Crippen LogP contribution in [0.4, 0.5) is 5.69 Å². The Morgan fingerprint density at radius 3 is 2.48 bits per heavy atom. The van der Waals surface area contributed by atoms with Crippen LogP contribution in [-0.4, -0.2) is 29.5 Å². The SMILES string of the molecule is CCCOc1ccc(C2=C(C(=O)NCc3ccccc3)SC(C)(Nc3cc(C(=O)NC4CC4)ccc3C)N2)cc1. The molecule has 1 atom stereocenters. The van der Waals surface area contributed by atoms with Gasteiger partial charge in [0.25, 0.3) is 11.8 Å². The van der Waals surface area contributed by atoms with Gasteiger partial charge in [-0.2, -0.15) is 0 Å². The predicted octanol–water partition coefficient (Wildman–Crippen LogP) is 5.78. The molecular formula is C32H36N4O3S. The molecule has 40 heavy (non-hydrogen) atoms. The highest BCUT2D eigenvalue weighted by atomic mass is 32.2. The van der Waals surface area contributed by atoms with Gasteiger partial charge in [-0.1, -0.05) is 55.1 Å². The van der Waals surface area contributed by atoms with Crippen molar-refractivity contribution in [2.75, 3.05) is 11.9 Å². The molecule has 2 amide bonds. The number of thioether (sulfide) groups is 1. The van der Waals surface area contributed by atoms with Gasteiger partial charge in [0.1, 0.15) is 10.7 Å². The molecule has 3 aromatic rings. The molecule has 1 unspecified atom stereocenters. The summed E-state index contributed by atoms with van der Waals surface area (Å²) in [6.07, 6.45) is 3.01. The van der Waals surface area contributed by atoms with Crippen LogP contribution >= 0.6 is 11.8 Å². The van der Waals surface area contributed by atoms with Crippen LogP contribution in [0.25, 0.3) is 5.70 Å². The lowest BCUT2D eigenvalue weighted by molar-refractivity contribution is -0.116. The third kappa shape index (κ3) is 6.80. The molecule has 1 aliphatic heterocycles. The van der Waals surface area contributed by atoms with Crippen LogP contribution < -0.4 is 26.0 Å². The van der Waals surface area contributed by atoms with E-state index in [2.05, 4.69) is 28.2 Å². The smallest absolute Gasteiger partial charge is 0.260 e. The van der Waals surface area contributed by atoms with Gasteiger partial charge in [0, 0.05) is 23.8 Å². The molecule has 1 fully saturated rings. The van der Waals surface area contributed by atoms with Gasteiger partial charge in [-0.15, -0.1) is 0 Å². The van der Waals surface area contributed by atoms with Crippen molar-refractivity contribution in [1.29, 1.82) is 0 Å². The number of nitrogens with one attached hydrogen (secondary N) is 4. The zero-order valence-electron chi connectivity index (χ0n) is 23.2. The lowest BCUT2D eigenvalue weighted by atomic mass is 10.1. The van der Waals surface area contributed by atoms with Crippen molar-refractivity contribution >= 4 is 35.0 Å². The summed E-state index contributed by atoms with van der Waals surface area (Å²) in [4.78, 5) is 26.1. The Morgan fingerprint density at radius 2 is 1.77 bits per heavy atom. The molecule has 4 N–H and O–H groups in total. The topological polar surface area (TPSA) is 91.5 Å². The predicted molar refractivity (Wildman–Crippen MR) is 162 cm³/mol. The third-order valence-corrected chi connectivity index (χ3v) is 8.01. The zero-order valence-corrected chi connectivity index (χ0v) is 24.0. The summed E-state index contributed by atoms with van der Waals surface area (Å²) in [7, 11) is 0. The number of rotatable bonds is 11. The number of hydrogen-bond donors (Lipinski definition) is 4. The molecule has 5 rings (SSSR count). The maximum atomic E-state index is 13.5. The van der Waals surface area contributed by atoms with Crippen molar-refractivity contribution in [3.8, 4) is 5.75 Å². The fraction of sp³-hybridized carbons (Fsp3) is 0.312. The number of ether oxygens (including phenoxy) is 1. The van der Waals surface area contributed by atoms with E-state index in [0.29, 0.717) is 23.6 Å². The summed E-state index contributed by atoms with van der Waals surface area (Å²) in [5.74, 6) is 0.583. The lowest BCUT2D eigenvalue weighted by Gasteiger charge is -2.29. The Kier molecular flexibility index (Phi) is 8.35. The zero-order chi connectivity index (χ0) is 28.1. The lowest BCUT2D eigenvalue weighted by Crippen LogP contribution is -2.42. The number of carbonyl (C=O) groups excluding carboxylic acids is 2. The highest BCUT2D eigenvalue weighted by molar-refractivity contribution is 8.05. The first-order valence-electron chi connectivity index (χ1n) is 13.8. The highest BCUT2D eigenvalue weighted by Gasteiger charge is 2.39. The minimum absolute atomic E-state index is 0.0621. The minimum atomic E-state index is -0.734. The normalized spacial score (nSPS) is 18.2. The largest absolute Gasteiger partial charge is 0.494 e. The van der Waals surface area contributed by atoms with E-state index >= 15 is 0 Å². The number of amides is 2. The first-order chi connectivity index (χ1) is 19.3. The molecule has 3 aromatic carbocycles. The van der Waals surface area contributed by atoms with Gasteiger partial charge >= 0.3 is 0 Å². The maximum Gasteiger partial charge on any atom is 0.260 e. The average Bonchev–Trinajstić information content (AvgIpc) is 3.71. The van der Waals surface area contributed by atoms with Gasteiger partial charge in [-0.3, -0.25) is 9.59 Å². The number of anilines is 1. The fourth-order valence-electron chi connectivity index (χ4n) is 4.44. The average molecular weight is 557 g/mol. The Balaban J connectivity index is 1.38. The van der Waals surface area contributed by atoms with E-state index in [4.69, 9.17) is 4.74 Å². The molecule has 1 saturated carbocycles. The van der Waals surface area contributed by atoms with Gasteiger partial charge in [0.05, 0.1) is 12.3 Å². The van der Waals surface area contributed by atoms with Crippen LogP contribution in [0.15, 0.2) is 77.7 Å². The van der Waals surface area contributed by atoms with Crippen LogP contribution in [0, 0.1) is 6.92 Å². The Bertz CT molecular complexity index is 1400. The van der Waals surface area contributed by atoms with E-state index in [-0.39, 0.29) is 17.9 Å². The van der Waals surface area contributed by atoms with Crippen molar-refractivity contribution in [3.05, 3.63) is 100.0 Å². The summed E-state index contributed by atoms with van der Waals surface area (Å²) in [6.45, 7) is 7.17. The second-order valence-electron chi connectivity index (χ2n) is 10.4. The van der Waals surface area contributed by atoms with Gasteiger partial charge < -0.3 is 26.0 Å². The summed E-state index contributed by atoms with van der Waals surface area (Å²) in [5.41, 5.74) is 5.12. The molecule has 1 aliphatic carbocycles. The van der Waals surface area contributed by atoms with Crippen molar-refractivity contribution in [3.63, 3.8) is 0 Å². The number of benzene rings is 3. The summed E-state index contributed by atoms with van der Waals surface area (Å²) in [6, 6.07) is 23.6. The van der Waals surface area contributed by atoms with Gasteiger partial charge in [-0.05, 0) is 86.2 Å². The molecule has 0 bridgehead atoms. The fourth-order valence-corrected chi connectivity index (χ4v) is 5.60. The van der Waals surface area contributed by atoms with Crippen molar-refractivity contribution in [1.82, 2.24) is 16.0 Å². The van der Waals surface area contributed by atoms with E-state index in [9.17, 15) is 9.59 Å². The summed E-state index contributed by atoms with van der Waals surface area (Å²) in [5, 5.41) is 13.3. The molecule has 208 valence electrons. The molecular weight excluding hydrogens is 520 g/mol. The first kappa shape index (κ1) is 27.6. The van der Waals surface area contributed by atoms with Crippen LogP contribution in [0.3, 0.4) is 0 Å². The number of aryl methyl sites for hydroxylation is 1. The molecule has 8 heteroatoms. The Labute approximate surface area is 240 Å². The molecule has 1 heterocycles. The van der Waals surface area contributed by atoms with Gasteiger partial charge in [-0.25, -0.2) is 0 Å². The second kappa shape index (κ2) is 12.1. The van der Waals surface area contributed by atoms with E-state index in [1.165, 1.54) is 11.8 Å². The minimum Gasteiger partial charge on any atom is -0.494 e. The monoisotopic (exact) mass is 556 g/mol. The van der Waals surface area contributed by atoms with Crippen molar-refractivity contribution in [2.24, 2.45) is 0 Å². The molecule has 7 nitrogen and oxygen atoms in total. The van der Waals surface area contributed by atoms with E-state index in [1.54, 1.807) is 0 Å². The Morgan fingerprint density at radius 1 is 1.02 bits per heavy atom. The van der Waals surface area contributed by atoms with Crippen molar-refractivity contribution in [2.45, 2.75) is 57.6 Å². The van der Waals surface area contributed by atoms with Crippen LogP contribution in [-0.2, 0) is 11.3 Å². The summed E-state index contributed by atoms with van der Waals surface area (Å²) < 4.78 is 5.76. The van der Waals surface area contributed by atoms with E-state index in [1.807, 2.05) is 86.6 Å². The first-order valence-corrected chi connectivity index (χ1v) is 14.6. The number of carbonyl (C=O) groups is 2. The molecule has 0 aromatic heterocycles. The molecule has 0 radical (unpaired) electrons. The standard InChI is InChI=1S/C32H36N4O3S/c1-4-18-39-26-16-12-23(13-17-26)28-29(31(38)33-20-22-8-6-5-7-9-22)40-32(3,36-28)35-27-19-24(11-10-21(27)2)30(37)34-25-14-15-25/h5-13,16-17,19,25,35-36H,4,14-15,18,20H2,1-3H3,(H,33,38)(H,34,37). The van der Waals surface area contributed by atoms with Crippen molar-refractivity contribution < 1.29 is 14.3 Å². The quantitative estimate of drug-likeness (QED) is 0.239. The third-order valence-electron chi connectivity index (χ3n) is 6.80. The van der Waals surface area contributed by atoms with Crippen LogP contribution in [0.5, 0.6) is 5.75 Å². The van der Waals surface area contributed by atoms with E-state index in [0.717, 1.165) is 53.1 Å². The molecule has 0 saturated heterocycles. The van der Waals surface area contributed by atoms with Gasteiger partial charge in [0.2, 0.25) is 0 Å². The molecule has 2 aliphatic rings. The van der Waals surface area contributed by atoms with E-state index < -0.39 is 4.99 Å².